The average Bonchev–Trinajstić information content (AvgIpc) is 2.79. The number of hydrogen-bond acceptors (Lipinski definition) is 5. The number of sulfonamides is 2. The van der Waals surface area contributed by atoms with Crippen molar-refractivity contribution in [2.75, 3.05) is 20.3 Å². The van der Waals surface area contributed by atoms with Crippen LogP contribution in [-0.4, -0.2) is 53.0 Å². The van der Waals surface area contributed by atoms with Crippen LogP contribution in [0.3, 0.4) is 0 Å². The summed E-state index contributed by atoms with van der Waals surface area (Å²) in [7, 11) is -11.3. The molecule has 150 valence electrons. The van der Waals surface area contributed by atoms with E-state index in [0.717, 1.165) is 10.8 Å². The highest BCUT2D eigenvalue weighted by molar-refractivity contribution is 8.13. The van der Waals surface area contributed by atoms with Crippen molar-refractivity contribution in [3.63, 3.8) is 0 Å². The standard InChI is InChI=1S/C8H16N2.C2F6NO4S2/c1-3-4-5-10-7-6-9(2)8-10;3-1(4,5)14(10,11)9-15(12,13)2(6,7)8/h6-7H,3-5,8H2,1-2H3;/q;-1/p+1. The molecule has 0 amide bonds. The van der Waals surface area contributed by atoms with E-state index in [9.17, 15) is 43.2 Å². The minimum absolute atomic E-state index is 0.778. The number of hydrogen-bond donors (Lipinski definition) is 1. The Hall–Kier alpha value is -1.06. The van der Waals surface area contributed by atoms with Crippen LogP contribution >= 0.6 is 0 Å². The Morgan fingerprint density at radius 1 is 1.04 bits per heavy atom. The highest BCUT2D eigenvalue weighted by atomic mass is 32.3. The second kappa shape index (κ2) is 8.55. The van der Waals surface area contributed by atoms with Gasteiger partial charge in [-0.15, -0.1) is 0 Å². The molecule has 0 radical (unpaired) electrons. The summed E-state index contributed by atoms with van der Waals surface area (Å²) in [6, 6.07) is 0. The van der Waals surface area contributed by atoms with E-state index in [2.05, 4.69) is 31.3 Å². The number of alkyl halides is 6. The van der Waals surface area contributed by atoms with Crippen molar-refractivity contribution in [1.82, 2.24) is 4.90 Å². The van der Waals surface area contributed by atoms with Gasteiger partial charge in [-0.25, -0.2) is 16.8 Å². The van der Waals surface area contributed by atoms with Crippen LogP contribution in [0.2, 0.25) is 0 Å². The van der Waals surface area contributed by atoms with E-state index >= 15 is 0 Å². The molecule has 1 N–H and O–H groups in total. The zero-order valence-corrected chi connectivity index (χ0v) is 14.7. The van der Waals surface area contributed by atoms with E-state index in [0.29, 0.717) is 0 Å². The number of nitrogens with one attached hydrogen (secondary N) is 1. The van der Waals surface area contributed by atoms with E-state index < -0.39 is 31.1 Å². The lowest BCUT2D eigenvalue weighted by Gasteiger charge is -2.22. The lowest BCUT2D eigenvalue weighted by Crippen LogP contribution is -3.07. The van der Waals surface area contributed by atoms with Crippen molar-refractivity contribution in [3.8, 4) is 0 Å². The number of rotatable bonds is 5. The first-order chi connectivity index (χ1) is 11.0. The Morgan fingerprint density at radius 2 is 1.48 bits per heavy atom. The molecule has 1 aliphatic heterocycles. The molecule has 0 aromatic heterocycles. The van der Waals surface area contributed by atoms with Gasteiger partial charge in [0.15, 0.2) is 26.7 Å². The fourth-order valence-corrected chi connectivity index (χ4v) is 3.15. The molecule has 0 aliphatic carbocycles. The molecular formula is C10H17F6N3O4S2. The summed E-state index contributed by atoms with van der Waals surface area (Å²) in [6.45, 7) is 4.68. The van der Waals surface area contributed by atoms with Gasteiger partial charge in [-0.2, -0.15) is 26.3 Å². The van der Waals surface area contributed by atoms with Crippen molar-refractivity contribution in [3.05, 3.63) is 16.5 Å². The van der Waals surface area contributed by atoms with Crippen molar-refractivity contribution in [1.29, 1.82) is 0 Å². The smallest absolute Gasteiger partial charge is 0.421 e. The van der Waals surface area contributed by atoms with Crippen LogP contribution in [0, 0.1) is 0 Å². The zero-order valence-electron chi connectivity index (χ0n) is 13.1. The van der Waals surface area contributed by atoms with Gasteiger partial charge in [0.2, 0.25) is 0 Å². The van der Waals surface area contributed by atoms with E-state index in [1.165, 1.54) is 19.4 Å². The molecule has 0 spiro atoms. The molecule has 1 rings (SSSR count). The summed E-state index contributed by atoms with van der Waals surface area (Å²) >= 11 is 0. The van der Waals surface area contributed by atoms with Gasteiger partial charge >= 0.3 is 11.0 Å². The molecule has 1 heterocycles. The molecule has 7 nitrogen and oxygen atoms in total. The van der Waals surface area contributed by atoms with E-state index in [-0.39, 0.29) is 0 Å². The van der Waals surface area contributed by atoms with Gasteiger partial charge < -0.3 is 9.03 Å². The topological polar surface area (TPSA) is 90.1 Å². The number of quaternary nitrogens is 1. The highest BCUT2D eigenvalue weighted by Gasteiger charge is 2.46. The predicted molar refractivity (Wildman–Crippen MR) is 75.8 cm³/mol. The summed E-state index contributed by atoms with van der Waals surface area (Å²) in [6.07, 6.45) is 7.05. The second-order valence-electron chi connectivity index (χ2n) is 4.91. The molecule has 0 fully saturated rings. The first-order valence-electron chi connectivity index (χ1n) is 6.63. The van der Waals surface area contributed by atoms with Crippen LogP contribution < -0.4 is 4.90 Å². The first-order valence-corrected chi connectivity index (χ1v) is 9.51. The summed E-state index contributed by atoms with van der Waals surface area (Å²) in [5.74, 6) is 0. The fourth-order valence-electron chi connectivity index (χ4n) is 1.44. The summed E-state index contributed by atoms with van der Waals surface area (Å²) < 4.78 is 109. The van der Waals surface area contributed by atoms with Crippen LogP contribution in [0.5, 0.6) is 0 Å². The van der Waals surface area contributed by atoms with E-state index in [1.54, 1.807) is 4.90 Å². The van der Waals surface area contributed by atoms with Crippen LogP contribution in [0.25, 0.3) is 4.13 Å². The lowest BCUT2D eigenvalue weighted by atomic mass is 10.3. The van der Waals surface area contributed by atoms with Crippen molar-refractivity contribution in [2.24, 2.45) is 0 Å². The third-order valence-electron chi connectivity index (χ3n) is 2.65. The Bertz CT molecular complexity index is 615. The summed E-state index contributed by atoms with van der Waals surface area (Å²) in [5.41, 5.74) is -12.4. The summed E-state index contributed by atoms with van der Waals surface area (Å²) in [4.78, 5) is 3.81. The van der Waals surface area contributed by atoms with Crippen LogP contribution in [0.15, 0.2) is 12.4 Å². The van der Waals surface area contributed by atoms with Crippen LogP contribution in [0.4, 0.5) is 26.3 Å². The molecule has 1 atom stereocenters. The second-order valence-corrected chi connectivity index (χ2v) is 8.33. The van der Waals surface area contributed by atoms with E-state index in [1.807, 2.05) is 0 Å². The normalized spacial score (nSPS) is 18.9. The monoisotopic (exact) mass is 421 g/mol. The predicted octanol–water partition coefficient (Wildman–Crippen LogP) is 1.10. The molecule has 0 bridgehead atoms. The fraction of sp³-hybridized carbons (Fsp3) is 0.800. The van der Waals surface area contributed by atoms with Crippen LogP contribution in [-0.2, 0) is 20.0 Å². The molecule has 0 saturated carbocycles. The maximum Gasteiger partial charge on any atom is 0.480 e. The van der Waals surface area contributed by atoms with Gasteiger partial charge in [0.1, 0.15) is 6.20 Å². The van der Waals surface area contributed by atoms with Gasteiger partial charge in [0, 0.05) is 7.05 Å². The Labute approximate surface area is 141 Å². The highest BCUT2D eigenvalue weighted by Crippen LogP contribution is 2.36. The minimum Gasteiger partial charge on any atom is -0.421 e. The molecule has 0 aromatic rings. The third-order valence-corrected chi connectivity index (χ3v) is 5.39. The Kier molecular flexibility index (Phi) is 8.19. The molecule has 15 heteroatoms. The SMILES string of the molecule is CCCC[NH+]1C=CN(C)C1.O=S(=O)([N-]S(=O)(=O)C(F)(F)F)C(F)(F)F. The van der Waals surface area contributed by atoms with Crippen LogP contribution in [0.1, 0.15) is 19.8 Å². The number of halogens is 6. The quantitative estimate of drug-likeness (QED) is 0.672. The van der Waals surface area contributed by atoms with Gasteiger partial charge in [-0.1, -0.05) is 13.3 Å². The van der Waals surface area contributed by atoms with Crippen molar-refractivity contribution >= 4 is 20.0 Å². The average molecular weight is 421 g/mol. The number of unbranched alkanes of at least 4 members (excludes halogenated alkanes) is 1. The minimum atomic E-state index is -6.72. The third kappa shape index (κ3) is 7.79. The summed E-state index contributed by atoms with van der Waals surface area (Å²) in [5, 5.41) is 0. The zero-order chi connectivity index (χ0) is 20.1. The van der Waals surface area contributed by atoms with Gasteiger partial charge in [0.25, 0.3) is 0 Å². The Balaban J connectivity index is 0.000000496. The molecule has 25 heavy (non-hydrogen) atoms. The van der Waals surface area contributed by atoms with Crippen molar-refractivity contribution < 1.29 is 48.1 Å². The maximum absolute atomic E-state index is 11.4. The lowest BCUT2D eigenvalue weighted by molar-refractivity contribution is -0.848. The molecule has 1 unspecified atom stereocenters. The molecule has 0 saturated heterocycles. The maximum atomic E-state index is 11.4. The largest absolute Gasteiger partial charge is 0.480 e. The first kappa shape index (κ1) is 23.9. The van der Waals surface area contributed by atoms with Gasteiger partial charge in [-0.05, 0) is 6.42 Å². The van der Waals surface area contributed by atoms with Gasteiger partial charge in [0.05, 0.1) is 12.7 Å². The van der Waals surface area contributed by atoms with E-state index in [4.69, 9.17) is 0 Å². The van der Waals surface area contributed by atoms with Crippen molar-refractivity contribution in [2.45, 2.75) is 30.8 Å². The number of nitrogens with zero attached hydrogens (tertiary/aromatic N) is 2. The molecule has 0 aromatic carbocycles. The Morgan fingerprint density at radius 3 is 1.76 bits per heavy atom. The molecular weight excluding hydrogens is 404 g/mol. The molecule has 1 aliphatic rings. The van der Waals surface area contributed by atoms with Gasteiger partial charge in [-0.3, -0.25) is 4.90 Å².